The average Bonchev–Trinajstić information content (AvgIpc) is 3.25. The van der Waals surface area contributed by atoms with Crippen LogP contribution < -0.4 is 10.6 Å². The highest BCUT2D eigenvalue weighted by Gasteiger charge is 2.19. The molecule has 3 rings (SSSR count). The Labute approximate surface area is 171 Å². The molecule has 0 radical (unpaired) electrons. The summed E-state index contributed by atoms with van der Waals surface area (Å²) in [4.78, 5) is 27.0. The van der Waals surface area contributed by atoms with Gasteiger partial charge in [-0.15, -0.1) is 5.10 Å². The Morgan fingerprint density at radius 2 is 1.79 bits per heavy atom. The van der Waals surface area contributed by atoms with E-state index in [2.05, 4.69) is 34.8 Å². The van der Waals surface area contributed by atoms with E-state index in [1.807, 2.05) is 4.90 Å². The first kappa shape index (κ1) is 21.0. The third-order valence-corrected chi connectivity index (χ3v) is 5.09. The lowest BCUT2D eigenvalue weighted by Crippen LogP contribution is -2.32. The van der Waals surface area contributed by atoms with Crippen LogP contribution in [0.4, 0.5) is 5.69 Å². The second kappa shape index (κ2) is 10.2. The van der Waals surface area contributed by atoms with Crippen molar-refractivity contribution in [3.8, 4) is 0 Å². The lowest BCUT2D eigenvalue weighted by atomic mass is 10.1. The van der Waals surface area contributed by atoms with E-state index in [0.717, 1.165) is 51.9 Å². The molecule has 0 unspecified atom stereocenters. The minimum atomic E-state index is -0.303. The van der Waals surface area contributed by atoms with Crippen LogP contribution in [0.1, 0.15) is 66.4 Å². The largest absolute Gasteiger partial charge is 0.339 e. The Balaban J connectivity index is 1.61. The molecule has 0 saturated carbocycles. The maximum absolute atomic E-state index is 12.6. The van der Waals surface area contributed by atoms with Crippen molar-refractivity contribution in [2.45, 2.75) is 45.6 Å². The molecule has 1 saturated heterocycles. The fraction of sp³-hybridized carbons (Fsp3) is 0.524. The topological polar surface area (TPSA) is 92.2 Å². The highest BCUT2D eigenvalue weighted by atomic mass is 16.2. The third-order valence-electron chi connectivity index (χ3n) is 5.09. The van der Waals surface area contributed by atoms with Crippen LogP contribution in [0.25, 0.3) is 0 Å². The Kier molecular flexibility index (Phi) is 7.35. The first-order valence-electron chi connectivity index (χ1n) is 10.5. The molecule has 0 aliphatic carbocycles. The molecule has 1 aromatic heterocycles. The van der Waals surface area contributed by atoms with Crippen molar-refractivity contribution in [1.82, 2.24) is 25.2 Å². The van der Waals surface area contributed by atoms with Gasteiger partial charge in [-0.1, -0.05) is 19.1 Å². The number of carbonyl (C=O) groups is 2. The Morgan fingerprint density at radius 3 is 2.41 bits per heavy atom. The first-order chi connectivity index (χ1) is 14.1. The standard InChI is InChI=1S/C21H30N6O2/c1-3-13-26(14-4-2)21(29)16-5-7-17(8-6-16)23-20(28)19-15-27(25-24-19)18-9-11-22-12-10-18/h5-8,15,18,22H,3-4,9-14H2,1-2H3,(H,23,28). The number of amides is 2. The van der Waals surface area contributed by atoms with Crippen LogP contribution in [0.15, 0.2) is 30.5 Å². The van der Waals surface area contributed by atoms with Crippen LogP contribution in [0.2, 0.25) is 0 Å². The molecule has 0 bridgehead atoms. The number of nitrogens with zero attached hydrogens (tertiary/aromatic N) is 4. The summed E-state index contributed by atoms with van der Waals surface area (Å²) in [5.41, 5.74) is 1.54. The molecule has 1 aliphatic rings. The summed E-state index contributed by atoms with van der Waals surface area (Å²) in [7, 11) is 0. The van der Waals surface area contributed by atoms with Crippen molar-refractivity contribution in [2.75, 3.05) is 31.5 Å². The highest BCUT2D eigenvalue weighted by Crippen LogP contribution is 2.18. The number of piperidine rings is 1. The van der Waals surface area contributed by atoms with E-state index < -0.39 is 0 Å². The molecule has 1 aliphatic heterocycles. The van der Waals surface area contributed by atoms with Gasteiger partial charge < -0.3 is 15.5 Å². The normalized spacial score (nSPS) is 14.6. The van der Waals surface area contributed by atoms with E-state index in [0.29, 0.717) is 16.9 Å². The SMILES string of the molecule is CCCN(CCC)C(=O)c1ccc(NC(=O)c2cn(C3CCNCC3)nn2)cc1. The molecule has 1 fully saturated rings. The van der Waals surface area contributed by atoms with Crippen molar-refractivity contribution in [1.29, 1.82) is 0 Å². The molecule has 8 heteroatoms. The monoisotopic (exact) mass is 398 g/mol. The highest BCUT2D eigenvalue weighted by molar-refractivity contribution is 6.03. The van der Waals surface area contributed by atoms with Crippen LogP contribution in [-0.4, -0.2) is 57.9 Å². The van der Waals surface area contributed by atoms with Gasteiger partial charge in [0, 0.05) is 24.3 Å². The molecule has 156 valence electrons. The molecule has 2 amide bonds. The van der Waals surface area contributed by atoms with Gasteiger partial charge in [-0.3, -0.25) is 9.59 Å². The molecule has 0 atom stereocenters. The van der Waals surface area contributed by atoms with Gasteiger partial charge in [0.2, 0.25) is 0 Å². The van der Waals surface area contributed by atoms with Crippen LogP contribution in [0, 0.1) is 0 Å². The van der Waals surface area contributed by atoms with Crippen molar-refractivity contribution >= 4 is 17.5 Å². The van der Waals surface area contributed by atoms with E-state index in [9.17, 15) is 9.59 Å². The predicted molar refractivity (Wildman–Crippen MR) is 112 cm³/mol. The summed E-state index contributed by atoms with van der Waals surface area (Å²) < 4.78 is 1.79. The van der Waals surface area contributed by atoms with Gasteiger partial charge in [0.1, 0.15) is 0 Å². The number of aromatic nitrogens is 3. The fourth-order valence-electron chi connectivity index (χ4n) is 3.56. The third kappa shape index (κ3) is 5.41. The summed E-state index contributed by atoms with van der Waals surface area (Å²) in [5, 5.41) is 14.3. The van der Waals surface area contributed by atoms with Gasteiger partial charge in [-0.05, 0) is 63.0 Å². The second-order valence-corrected chi connectivity index (χ2v) is 7.39. The van der Waals surface area contributed by atoms with Crippen molar-refractivity contribution < 1.29 is 9.59 Å². The molecule has 1 aromatic carbocycles. The Bertz CT molecular complexity index is 805. The average molecular weight is 399 g/mol. The second-order valence-electron chi connectivity index (χ2n) is 7.39. The van der Waals surface area contributed by atoms with E-state index in [1.54, 1.807) is 35.1 Å². The summed E-state index contributed by atoms with van der Waals surface area (Å²) in [6, 6.07) is 7.28. The minimum Gasteiger partial charge on any atom is -0.339 e. The van der Waals surface area contributed by atoms with Gasteiger partial charge in [0.25, 0.3) is 11.8 Å². The van der Waals surface area contributed by atoms with Gasteiger partial charge in [-0.25, -0.2) is 4.68 Å². The lowest BCUT2D eigenvalue weighted by Gasteiger charge is -2.22. The zero-order valence-electron chi connectivity index (χ0n) is 17.2. The van der Waals surface area contributed by atoms with Crippen molar-refractivity contribution in [3.63, 3.8) is 0 Å². The van der Waals surface area contributed by atoms with Gasteiger partial charge in [0.05, 0.1) is 12.2 Å². The zero-order chi connectivity index (χ0) is 20.6. The number of hydrogen-bond acceptors (Lipinski definition) is 5. The molecule has 2 aromatic rings. The molecule has 8 nitrogen and oxygen atoms in total. The number of anilines is 1. The number of benzene rings is 1. The van der Waals surface area contributed by atoms with Crippen LogP contribution in [0.5, 0.6) is 0 Å². The number of carbonyl (C=O) groups excluding carboxylic acids is 2. The van der Waals surface area contributed by atoms with E-state index in [-0.39, 0.29) is 17.9 Å². The molecular formula is C21H30N6O2. The van der Waals surface area contributed by atoms with E-state index in [1.165, 1.54) is 0 Å². The number of hydrogen-bond donors (Lipinski definition) is 2. The number of nitrogens with one attached hydrogen (secondary N) is 2. The van der Waals surface area contributed by atoms with Crippen LogP contribution in [-0.2, 0) is 0 Å². The van der Waals surface area contributed by atoms with Gasteiger partial charge in [-0.2, -0.15) is 0 Å². The van der Waals surface area contributed by atoms with E-state index in [4.69, 9.17) is 0 Å². The molecular weight excluding hydrogens is 368 g/mol. The van der Waals surface area contributed by atoms with Crippen LogP contribution in [0.3, 0.4) is 0 Å². The summed E-state index contributed by atoms with van der Waals surface area (Å²) in [6.45, 7) is 7.53. The summed E-state index contributed by atoms with van der Waals surface area (Å²) >= 11 is 0. The fourth-order valence-corrected chi connectivity index (χ4v) is 3.56. The molecule has 2 heterocycles. The van der Waals surface area contributed by atoms with Crippen molar-refractivity contribution in [2.24, 2.45) is 0 Å². The summed E-state index contributed by atoms with van der Waals surface area (Å²) in [5.74, 6) is -0.278. The van der Waals surface area contributed by atoms with Gasteiger partial charge in [0.15, 0.2) is 5.69 Å². The van der Waals surface area contributed by atoms with Crippen LogP contribution >= 0.6 is 0 Å². The lowest BCUT2D eigenvalue weighted by molar-refractivity contribution is 0.0755. The maximum atomic E-state index is 12.6. The molecule has 29 heavy (non-hydrogen) atoms. The molecule has 0 spiro atoms. The zero-order valence-corrected chi connectivity index (χ0v) is 17.2. The van der Waals surface area contributed by atoms with Gasteiger partial charge >= 0.3 is 0 Å². The Hall–Kier alpha value is -2.74. The predicted octanol–water partition coefficient (Wildman–Crippen LogP) is 2.72. The maximum Gasteiger partial charge on any atom is 0.277 e. The Morgan fingerprint density at radius 1 is 1.14 bits per heavy atom. The number of rotatable bonds is 8. The smallest absolute Gasteiger partial charge is 0.277 e. The minimum absolute atomic E-state index is 0.0245. The molecule has 2 N–H and O–H groups in total. The quantitative estimate of drug-likeness (QED) is 0.713. The first-order valence-corrected chi connectivity index (χ1v) is 10.5. The van der Waals surface area contributed by atoms with E-state index >= 15 is 0 Å². The summed E-state index contributed by atoms with van der Waals surface area (Å²) in [6.07, 6.45) is 5.52. The van der Waals surface area contributed by atoms with Crippen molar-refractivity contribution in [3.05, 3.63) is 41.7 Å².